The molecule has 1 amide bonds. The number of carbonyl (C=O) groups is 2. The summed E-state index contributed by atoms with van der Waals surface area (Å²) in [5.74, 6) is -2.58. The summed E-state index contributed by atoms with van der Waals surface area (Å²) in [5.41, 5.74) is 0.482. The third-order valence-electron chi connectivity index (χ3n) is 3.38. The van der Waals surface area contributed by atoms with Gasteiger partial charge in [0.05, 0.1) is 6.04 Å². The van der Waals surface area contributed by atoms with E-state index in [2.05, 4.69) is 10.3 Å². The largest absolute Gasteiger partial charge is 0.459 e. The molecule has 1 saturated heterocycles. The monoisotopic (exact) mass is 338 g/mol. The number of rotatable bonds is 4. The molecule has 0 saturated carbocycles. The number of amides is 1. The average Bonchev–Trinajstić information content (AvgIpc) is 3.17. The van der Waals surface area contributed by atoms with Crippen molar-refractivity contribution in [3.05, 3.63) is 40.9 Å². The number of halogens is 2. The van der Waals surface area contributed by atoms with Crippen LogP contribution >= 0.6 is 11.3 Å². The highest BCUT2D eigenvalue weighted by Crippen LogP contribution is 2.25. The van der Waals surface area contributed by atoms with Crippen LogP contribution in [0.1, 0.15) is 23.3 Å². The lowest BCUT2D eigenvalue weighted by Crippen LogP contribution is -2.30. The van der Waals surface area contributed by atoms with Crippen LogP contribution in [0.3, 0.4) is 0 Å². The van der Waals surface area contributed by atoms with E-state index in [1.165, 1.54) is 11.4 Å². The summed E-state index contributed by atoms with van der Waals surface area (Å²) in [4.78, 5) is 27.1. The highest BCUT2D eigenvalue weighted by Gasteiger charge is 2.23. The normalized spacial score (nSPS) is 17.1. The van der Waals surface area contributed by atoms with Gasteiger partial charge in [-0.15, -0.1) is 11.3 Å². The number of hydrogen-bond donors (Lipinski definition) is 1. The number of nitrogens with one attached hydrogen (secondary N) is 1. The molecule has 2 aromatic rings. The Labute approximate surface area is 134 Å². The molecule has 1 aliphatic rings. The Morgan fingerprint density at radius 1 is 1.39 bits per heavy atom. The van der Waals surface area contributed by atoms with Crippen LogP contribution in [0.25, 0.3) is 10.6 Å². The van der Waals surface area contributed by atoms with Crippen molar-refractivity contribution in [2.75, 3.05) is 6.61 Å². The van der Waals surface area contributed by atoms with Gasteiger partial charge in [-0.1, -0.05) is 0 Å². The van der Waals surface area contributed by atoms with Crippen molar-refractivity contribution in [1.82, 2.24) is 10.3 Å². The van der Waals surface area contributed by atoms with Gasteiger partial charge in [0.2, 0.25) is 5.91 Å². The number of nitrogens with zero attached hydrogens (tertiary/aromatic N) is 1. The topological polar surface area (TPSA) is 68.3 Å². The number of esters is 1. The molecule has 1 aliphatic heterocycles. The Kier molecular flexibility index (Phi) is 4.33. The number of hydrogen-bond acceptors (Lipinski definition) is 5. The maximum atomic E-state index is 13.2. The van der Waals surface area contributed by atoms with E-state index in [0.29, 0.717) is 23.4 Å². The van der Waals surface area contributed by atoms with Crippen LogP contribution in [0.15, 0.2) is 23.6 Å². The van der Waals surface area contributed by atoms with Crippen LogP contribution in [-0.4, -0.2) is 29.5 Å². The van der Waals surface area contributed by atoms with Gasteiger partial charge in [0.1, 0.15) is 11.6 Å². The van der Waals surface area contributed by atoms with E-state index < -0.39 is 17.6 Å². The van der Waals surface area contributed by atoms with Crippen molar-refractivity contribution >= 4 is 23.2 Å². The van der Waals surface area contributed by atoms with Crippen LogP contribution < -0.4 is 5.32 Å². The van der Waals surface area contributed by atoms with Crippen molar-refractivity contribution < 1.29 is 23.1 Å². The zero-order chi connectivity index (χ0) is 16.4. The van der Waals surface area contributed by atoms with Crippen LogP contribution in [-0.2, 0) is 9.53 Å². The molecule has 0 spiro atoms. The maximum absolute atomic E-state index is 13.2. The lowest BCUT2D eigenvalue weighted by atomic mass is 10.2. The molecule has 0 aliphatic carbocycles. The van der Waals surface area contributed by atoms with Crippen molar-refractivity contribution in [3.8, 4) is 10.6 Å². The van der Waals surface area contributed by atoms with Gasteiger partial charge in [-0.05, 0) is 24.6 Å². The summed E-state index contributed by atoms with van der Waals surface area (Å²) in [6.45, 7) is 0.0859. The first-order valence-corrected chi connectivity index (χ1v) is 7.78. The molecule has 0 unspecified atom stereocenters. The molecular formula is C15H12F2N2O3S. The van der Waals surface area contributed by atoms with Gasteiger partial charge in [0.15, 0.2) is 17.3 Å². The molecule has 1 N–H and O–H groups in total. The Balaban J connectivity index is 1.65. The highest BCUT2D eigenvalue weighted by molar-refractivity contribution is 7.13. The maximum Gasteiger partial charge on any atom is 0.357 e. The summed E-state index contributed by atoms with van der Waals surface area (Å²) < 4.78 is 31.3. The molecule has 1 fully saturated rings. The Hall–Kier alpha value is -2.35. The molecule has 23 heavy (non-hydrogen) atoms. The fraction of sp³-hybridized carbons (Fsp3) is 0.267. The van der Waals surface area contributed by atoms with E-state index in [-0.39, 0.29) is 24.2 Å². The van der Waals surface area contributed by atoms with E-state index in [1.807, 2.05) is 0 Å². The van der Waals surface area contributed by atoms with Crippen molar-refractivity contribution in [2.24, 2.45) is 0 Å². The van der Waals surface area contributed by atoms with E-state index in [0.717, 1.165) is 23.5 Å². The predicted octanol–water partition coefficient (Wildman–Crippen LogP) is 2.52. The molecule has 1 atom stereocenters. The molecule has 1 aromatic carbocycles. The van der Waals surface area contributed by atoms with E-state index in [4.69, 9.17) is 4.74 Å². The molecule has 5 nitrogen and oxygen atoms in total. The first-order chi connectivity index (χ1) is 11.0. The van der Waals surface area contributed by atoms with Crippen LogP contribution in [0, 0.1) is 11.6 Å². The third kappa shape index (κ3) is 3.53. The fourth-order valence-electron chi connectivity index (χ4n) is 2.18. The quantitative estimate of drug-likeness (QED) is 0.870. The summed E-state index contributed by atoms with van der Waals surface area (Å²) in [6.07, 6.45) is 1.06. The number of benzene rings is 1. The second-order valence-electron chi connectivity index (χ2n) is 5.07. The van der Waals surface area contributed by atoms with Gasteiger partial charge in [-0.25, -0.2) is 18.6 Å². The molecular weight excluding hydrogens is 326 g/mol. The van der Waals surface area contributed by atoms with Crippen LogP contribution in [0.5, 0.6) is 0 Å². The molecule has 3 rings (SSSR count). The van der Waals surface area contributed by atoms with Crippen molar-refractivity contribution in [3.63, 3.8) is 0 Å². The summed E-state index contributed by atoms with van der Waals surface area (Å²) in [6, 6.07) is 3.25. The Bertz CT molecular complexity index is 763. The van der Waals surface area contributed by atoms with Crippen molar-refractivity contribution in [2.45, 2.75) is 18.9 Å². The SMILES string of the molecule is O=C1CC[C@H](COC(=O)c2csc(-c3ccc(F)c(F)c3)n2)N1. The lowest BCUT2D eigenvalue weighted by molar-refractivity contribution is -0.119. The fourth-order valence-corrected chi connectivity index (χ4v) is 2.97. The standard InChI is InChI=1S/C15H12F2N2O3S/c16-10-3-1-8(5-11(10)17)14-19-12(7-23-14)15(21)22-6-9-2-4-13(20)18-9/h1,3,5,7,9H,2,4,6H2,(H,18,20)/t9-/m1/s1. The second kappa shape index (κ2) is 6.41. The number of carbonyl (C=O) groups excluding carboxylic acids is 2. The number of thiazole rings is 1. The minimum absolute atomic E-state index is 0.0552. The van der Waals surface area contributed by atoms with E-state index >= 15 is 0 Å². The van der Waals surface area contributed by atoms with Gasteiger partial charge < -0.3 is 10.1 Å². The van der Waals surface area contributed by atoms with Crippen LogP contribution in [0.2, 0.25) is 0 Å². The summed E-state index contributed by atoms with van der Waals surface area (Å²) in [5, 5.41) is 4.58. The van der Waals surface area contributed by atoms with Gasteiger partial charge in [0.25, 0.3) is 0 Å². The first-order valence-electron chi connectivity index (χ1n) is 6.90. The smallest absolute Gasteiger partial charge is 0.357 e. The summed E-state index contributed by atoms with van der Waals surface area (Å²) >= 11 is 1.13. The Morgan fingerprint density at radius 3 is 2.91 bits per heavy atom. The lowest BCUT2D eigenvalue weighted by Gasteiger charge is -2.09. The summed E-state index contributed by atoms with van der Waals surface area (Å²) in [7, 11) is 0. The minimum Gasteiger partial charge on any atom is -0.459 e. The molecule has 8 heteroatoms. The Morgan fingerprint density at radius 2 is 2.22 bits per heavy atom. The van der Waals surface area contributed by atoms with Crippen LogP contribution in [0.4, 0.5) is 8.78 Å². The van der Waals surface area contributed by atoms with Crippen molar-refractivity contribution in [1.29, 1.82) is 0 Å². The molecule has 0 radical (unpaired) electrons. The molecule has 0 bridgehead atoms. The van der Waals surface area contributed by atoms with Gasteiger partial charge >= 0.3 is 5.97 Å². The minimum atomic E-state index is -0.973. The third-order valence-corrected chi connectivity index (χ3v) is 4.27. The zero-order valence-corrected chi connectivity index (χ0v) is 12.7. The van der Waals surface area contributed by atoms with Gasteiger partial charge in [-0.2, -0.15) is 0 Å². The second-order valence-corrected chi connectivity index (χ2v) is 5.93. The average molecular weight is 338 g/mol. The van der Waals surface area contributed by atoms with Gasteiger partial charge in [0, 0.05) is 17.4 Å². The number of aromatic nitrogens is 1. The highest BCUT2D eigenvalue weighted by atomic mass is 32.1. The van der Waals surface area contributed by atoms with E-state index in [1.54, 1.807) is 0 Å². The number of ether oxygens (including phenoxy) is 1. The van der Waals surface area contributed by atoms with E-state index in [9.17, 15) is 18.4 Å². The predicted molar refractivity (Wildman–Crippen MR) is 78.9 cm³/mol. The molecule has 120 valence electrons. The zero-order valence-electron chi connectivity index (χ0n) is 11.8. The first kappa shape index (κ1) is 15.5. The molecule has 1 aromatic heterocycles. The van der Waals surface area contributed by atoms with Gasteiger partial charge in [-0.3, -0.25) is 4.79 Å². The molecule has 2 heterocycles.